The van der Waals surface area contributed by atoms with E-state index in [4.69, 9.17) is 9.47 Å². The number of fused-ring (bicyclic) bond motifs is 2. The highest BCUT2D eigenvalue weighted by Gasteiger charge is 2.38. The Labute approximate surface area is 115 Å². The Morgan fingerprint density at radius 1 is 1.21 bits per heavy atom. The minimum absolute atomic E-state index is 0.430. The van der Waals surface area contributed by atoms with Crippen LogP contribution in [0.3, 0.4) is 0 Å². The van der Waals surface area contributed by atoms with Crippen LogP contribution in [0.1, 0.15) is 31.2 Å². The van der Waals surface area contributed by atoms with E-state index in [0.717, 1.165) is 17.8 Å². The second-order valence-corrected chi connectivity index (χ2v) is 5.81. The Morgan fingerprint density at radius 3 is 2.63 bits per heavy atom. The lowest BCUT2D eigenvalue weighted by Gasteiger charge is -2.36. The van der Waals surface area contributed by atoms with Crippen LogP contribution in [0.15, 0.2) is 24.3 Å². The van der Waals surface area contributed by atoms with E-state index in [0.29, 0.717) is 12.7 Å². The van der Waals surface area contributed by atoms with Gasteiger partial charge in [0.1, 0.15) is 5.75 Å². The summed E-state index contributed by atoms with van der Waals surface area (Å²) in [5.74, 6) is 0.907. The highest BCUT2D eigenvalue weighted by molar-refractivity contribution is 5.27. The van der Waals surface area contributed by atoms with Crippen LogP contribution in [0.25, 0.3) is 0 Å². The molecule has 0 aliphatic carbocycles. The summed E-state index contributed by atoms with van der Waals surface area (Å²) in [5.41, 5.74) is 1.20. The summed E-state index contributed by atoms with van der Waals surface area (Å²) in [6.45, 7) is 0.699. The quantitative estimate of drug-likeness (QED) is 0.832. The van der Waals surface area contributed by atoms with Crippen molar-refractivity contribution >= 4 is 0 Å². The fourth-order valence-corrected chi connectivity index (χ4v) is 3.47. The van der Waals surface area contributed by atoms with Gasteiger partial charge >= 0.3 is 0 Å². The first-order chi connectivity index (χ1) is 9.26. The zero-order valence-corrected chi connectivity index (χ0v) is 11.8. The van der Waals surface area contributed by atoms with Crippen molar-refractivity contribution in [1.82, 2.24) is 4.90 Å². The van der Waals surface area contributed by atoms with Crippen LogP contribution < -0.4 is 4.74 Å². The lowest BCUT2D eigenvalue weighted by atomic mass is 10.0. The maximum Gasteiger partial charge on any atom is 0.119 e. The second-order valence-electron chi connectivity index (χ2n) is 5.81. The van der Waals surface area contributed by atoms with E-state index in [1.54, 1.807) is 7.11 Å². The Kier molecular flexibility index (Phi) is 3.76. The van der Waals surface area contributed by atoms with Crippen LogP contribution in [0.5, 0.6) is 5.75 Å². The number of piperidine rings is 1. The van der Waals surface area contributed by atoms with Crippen molar-refractivity contribution in [1.29, 1.82) is 0 Å². The van der Waals surface area contributed by atoms with Crippen LogP contribution in [-0.2, 0) is 11.3 Å². The molecule has 3 atom stereocenters. The molecule has 19 heavy (non-hydrogen) atoms. The van der Waals surface area contributed by atoms with E-state index in [-0.39, 0.29) is 0 Å². The van der Waals surface area contributed by atoms with E-state index in [1.165, 1.54) is 31.2 Å². The first-order valence-electron chi connectivity index (χ1n) is 7.22. The fourth-order valence-electron chi connectivity index (χ4n) is 3.47. The van der Waals surface area contributed by atoms with E-state index in [1.807, 2.05) is 12.1 Å². The molecular weight excluding hydrogens is 238 g/mol. The van der Waals surface area contributed by atoms with Crippen LogP contribution in [-0.4, -0.2) is 37.2 Å². The molecule has 1 aromatic rings. The van der Waals surface area contributed by atoms with Crippen LogP contribution in [0.4, 0.5) is 0 Å². The van der Waals surface area contributed by atoms with Gasteiger partial charge in [0.25, 0.3) is 0 Å². The number of hydrogen-bond donors (Lipinski definition) is 0. The Balaban J connectivity index is 1.55. The molecule has 0 N–H and O–H groups in total. The summed E-state index contributed by atoms with van der Waals surface area (Å²) in [4.78, 5) is 2.55. The molecule has 3 heteroatoms. The number of nitrogens with zero attached hydrogens (tertiary/aromatic N) is 1. The number of benzene rings is 1. The number of methoxy groups -OCH3 is 1. The zero-order valence-electron chi connectivity index (χ0n) is 11.8. The van der Waals surface area contributed by atoms with E-state index in [2.05, 4.69) is 24.1 Å². The molecular formula is C16H23NO2. The maximum atomic E-state index is 6.12. The van der Waals surface area contributed by atoms with Gasteiger partial charge in [-0.2, -0.15) is 0 Å². The molecule has 0 saturated carbocycles. The van der Waals surface area contributed by atoms with Crippen molar-refractivity contribution in [3.8, 4) is 5.75 Å². The van der Waals surface area contributed by atoms with Gasteiger partial charge in [0.15, 0.2) is 0 Å². The standard InChI is InChI=1S/C16H23NO2/c1-17-13-6-7-14(17)10-16(9-13)19-11-12-4-3-5-15(8-12)18-2/h3-5,8,13-14,16H,6-7,9-11H2,1-2H3/t13-,14+,16+. The van der Waals surface area contributed by atoms with Gasteiger partial charge in [0.05, 0.1) is 19.8 Å². The van der Waals surface area contributed by atoms with Crippen LogP contribution in [0, 0.1) is 0 Å². The van der Waals surface area contributed by atoms with E-state index < -0.39 is 0 Å². The molecule has 0 amide bonds. The highest BCUT2D eigenvalue weighted by Crippen LogP contribution is 2.35. The van der Waals surface area contributed by atoms with Gasteiger partial charge in [-0.25, -0.2) is 0 Å². The Morgan fingerprint density at radius 2 is 1.95 bits per heavy atom. The summed E-state index contributed by atoms with van der Waals surface area (Å²) < 4.78 is 11.4. The van der Waals surface area contributed by atoms with Crippen molar-refractivity contribution in [3.05, 3.63) is 29.8 Å². The molecule has 2 bridgehead atoms. The average Bonchev–Trinajstić information content (AvgIpc) is 2.68. The molecule has 0 aromatic heterocycles. The fraction of sp³-hybridized carbons (Fsp3) is 0.625. The lowest BCUT2D eigenvalue weighted by molar-refractivity contribution is -0.0211. The predicted octanol–water partition coefficient (Wildman–Crippen LogP) is 2.84. The van der Waals surface area contributed by atoms with Gasteiger partial charge < -0.3 is 14.4 Å². The number of hydrogen-bond acceptors (Lipinski definition) is 3. The van der Waals surface area contributed by atoms with Crippen molar-refractivity contribution in [2.24, 2.45) is 0 Å². The van der Waals surface area contributed by atoms with E-state index in [9.17, 15) is 0 Å². The van der Waals surface area contributed by atoms with Gasteiger partial charge in [0, 0.05) is 12.1 Å². The third-order valence-electron chi connectivity index (χ3n) is 4.67. The number of rotatable bonds is 4. The average molecular weight is 261 g/mol. The zero-order chi connectivity index (χ0) is 13.2. The first-order valence-corrected chi connectivity index (χ1v) is 7.22. The van der Waals surface area contributed by atoms with Gasteiger partial charge in [-0.3, -0.25) is 0 Å². The Bertz CT molecular complexity index is 421. The third-order valence-corrected chi connectivity index (χ3v) is 4.67. The molecule has 2 heterocycles. The molecule has 2 fully saturated rings. The third kappa shape index (κ3) is 2.77. The van der Waals surface area contributed by atoms with Gasteiger partial charge in [-0.05, 0) is 50.4 Å². The molecule has 0 spiro atoms. The molecule has 1 aromatic carbocycles. The summed E-state index contributed by atoms with van der Waals surface area (Å²) in [7, 11) is 3.97. The predicted molar refractivity (Wildman–Crippen MR) is 75.4 cm³/mol. The molecule has 104 valence electrons. The normalized spacial score (nSPS) is 30.5. The van der Waals surface area contributed by atoms with E-state index >= 15 is 0 Å². The summed E-state index contributed by atoms with van der Waals surface area (Å²) in [6, 6.07) is 9.65. The minimum Gasteiger partial charge on any atom is -0.497 e. The molecule has 2 aliphatic rings. The van der Waals surface area contributed by atoms with Gasteiger partial charge in [-0.15, -0.1) is 0 Å². The summed E-state index contributed by atoms with van der Waals surface area (Å²) in [6.07, 6.45) is 5.51. The van der Waals surface area contributed by atoms with Crippen LogP contribution >= 0.6 is 0 Å². The topological polar surface area (TPSA) is 21.7 Å². The van der Waals surface area contributed by atoms with Crippen LogP contribution in [0.2, 0.25) is 0 Å². The minimum atomic E-state index is 0.430. The SMILES string of the molecule is COc1cccc(CO[C@H]2C[C@H]3CC[C@@H](C2)N3C)c1. The largest absolute Gasteiger partial charge is 0.497 e. The molecule has 2 saturated heterocycles. The van der Waals surface area contributed by atoms with Crippen molar-refractivity contribution < 1.29 is 9.47 Å². The number of ether oxygens (including phenoxy) is 2. The van der Waals surface area contributed by atoms with Crippen molar-refractivity contribution in [2.45, 2.75) is 50.5 Å². The highest BCUT2D eigenvalue weighted by atomic mass is 16.5. The summed E-state index contributed by atoms with van der Waals surface area (Å²) >= 11 is 0. The maximum absolute atomic E-state index is 6.12. The Hall–Kier alpha value is -1.06. The first kappa shape index (κ1) is 12.9. The molecule has 3 rings (SSSR count). The monoisotopic (exact) mass is 261 g/mol. The molecule has 0 unspecified atom stereocenters. The smallest absolute Gasteiger partial charge is 0.119 e. The molecule has 3 nitrogen and oxygen atoms in total. The lowest BCUT2D eigenvalue weighted by Crippen LogP contribution is -2.42. The molecule has 2 aliphatic heterocycles. The van der Waals surface area contributed by atoms with Gasteiger partial charge in [0.2, 0.25) is 0 Å². The van der Waals surface area contributed by atoms with Gasteiger partial charge in [-0.1, -0.05) is 12.1 Å². The van der Waals surface area contributed by atoms with Crippen molar-refractivity contribution in [2.75, 3.05) is 14.2 Å². The second kappa shape index (κ2) is 5.51. The van der Waals surface area contributed by atoms with Crippen molar-refractivity contribution in [3.63, 3.8) is 0 Å². The molecule has 0 radical (unpaired) electrons. The summed E-state index contributed by atoms with van der Waals surface area (Å²) in [5, 5.41) is 0.